The molecule has 3 saturated heterocycles. The van der Waals surface area contributed by atoms with E-state index in [0.717, 1.165) is 75.7 Å². The minimum atomic E-state index is -0.468. The van der Waals surface area contributed by atoms with Gasteiger partial charge < -0.3 is 19.3 Å². The zero-order valence-corrected chi connectivity index (χ0v) is 34.5. The van der Waals surface area contributed by atoms with E-state index in [4.69, 9.17) is 9.47 Å². The van der Waals surface area contributed by atoms with Gasteiger partial charge in [0.2, 0.25) is 11.8 Å². The number of nitriles is 1. The normalized spacial score (nSPS) is 23.3. The fraction of sp³-hybridized carbons (Fsp3) is 0.522. The number of rotatable bonds is 13. The summed E-state index contributed by atoms with van der Waals surface area (Å²) in [4.78, 5) is 61.8. The second kappa shape index (κ2) is 16.9. The number of piperazine rings is 1. The fourth-order valence-corrected chi connectivity index (χ4v) is 10.1. The Kier molecular flexibility index (Phi) is 11.9. The summed E-state index contributed by atoms with van der Waals surface area (Å²) in [6, 6.07) is 19.3. The van der Waals surface area contributed by atoms with Gasteiger partial charge in [-0.15, -0.1) is 0 Å². The van der Waals surface area contributed by atoms with E-state index in [9.17, 15) is 24.4 Å². The van der Waals surface area contributed by atoms with E-state index >= 15 is 0 Å². The van der Waals surface area contributed by atoms with Crippen LogP contribution in [0.15, 0.2) is 60.8 Å². The number of amides is 2. The van der Waals surface area contributed by atoms with Crippen molar-refractivity contribution < 1.29 is 28.7 Å². The summed E-state index contributed by atoms with van der Waals surface area (Å²) in [5, 5.41) is 11.7. The molecule has 4 fully saturated rings. The number of nitrogens with zero attached hydrogens (tertiary/aromatic N) is 5. The minimum Gasteiger partial charge on any atom is -0.495 e. The number of nitrogens with one attached hydrogen (secondary N) is 1. The lowest BCUT2D eigenvalue weighted by Crippen LogP contribution is -2.66. The smallest absolute Gasteiger partial charge is 0.230 e. The molecule has 0 bridgehead atoms. The number of pyridine rings is 1. The first-order valence-corrected chi connectivity index (χ1v) is 20.7. The average Bonchev–Trinajstić information content (AvgIpc) is 3.23. The van der Waals surface area contributed by atoms with Crippen LogP contribution < -0.4 is 24.6 Å². The van der Waals surface area contributed by atoms with Crippen LogP contribution in [0.2, 0.25) is 0 Å². The molecule has 0 spiro atoms. The number of imide groups is 1. The first kappa shape index (κ1) is 40.9. The third-order valence-electron chi connectivity index (χ3n) is 13.3. The van der Waals surface area contributed by atoms with Crippen molar-refractivity contribution in [2.45, 2.75) is 72.3 Å². The summed E-state index contributed by atoms with van der Waals surface area (Å²) in [6.07, 6.45) is 4.97. The molecule has 3 aromatic rings. The maximum atomic E-state index is 13.6. The number of piperidine rings is 2. The van der Waals surface area contributed by atoms with Gasteiger partial charge in [0.25, 0.3) is 0 Å². The Hall–Kier alpha value is -5.28. The van der Waals surface area contributed by atoms with Crippen LogP contribution >= 0.6 is 0 Å². The standard InChI is InChI=1S/C46H56N6O6/c1-45(2)40(46(3,4)44(45)58-36-13-8-33(27-47)39(25-36)57-5)26-38(54)31-6-11-35(12-7-31)51-18-16-30(17-19-51)29-50-20-22-52(23-21-50)41-14-9-34(28-48-41)37(53)24-32-10-15-42(55)49-43(32)56/h6-9,11-14,25,28,30,32,40,44H,10,15-24,26,29H2,1-5H3,(H,49,55,56)/t32-,40?,44?/m1/s1. The molecule has 1 N–H and O–H groups in total. The van der Waals surface area contributed by atoms with E-state index in [1.807, 2.05) is 24.3 Å². The Bertz CT molecular complexity index is 2030. The molecule has 1 atom stereocenters. The number of ketones is 2. The third-order valence-corrected chi connectivity index (χ3v) is 13.3. The van der Waals surface area contributed by atoms with Crippen LogP contribution in [0.25, 0.3) is 0 Å². The van der Waals surface area contributed by atoms with Crippen LogP contribution in [0.3, 0.4) is 0 Å². The first-order valence-electron chi connectivity index (χ1n) is 20.7. The molecule has 0 radical (unpaired) electrons. The molecule has 4 aliphatic rings. The maximum Gasteiger partial charge on any atom is 0.230 e. The Morgan fingerprint density at radius 3 is 2.14 bits per heavy atom. The zero-order chi connectivity index (χ0) is 41.2. The van der Waals surface area contributed by atoms with Gasteiger partial charge in [0.05, 0.1) is 12.7 Å². The second-order valence-electron chi connectivity index (χ2n) is 17.7. The summed E-state index contributed by atoms with van der Waals surface area (Å²) in [5.41, 5.74) is 2.41. The molecule has 1 aromatic heterocycles. The van der Waals surface area contributed by atoms with Crippen LogP contribution in [0.4, 0.5) is 11.5 Å². The molecule has 58 heavy (non-hydrogen) atoms. The summed E-state index contributed by atoms with van der Waals surface area (Å²) >= 11 is 0. The van der Waals surface area contributed by atoms with E-state index < -0.39 is 5.92 Å². The van der Waals surface area contributed by atoms with Gasteiger partial charge in [0.15, 0.2) is 11.6 Å². The highest BCUT2D eigenvalue weighted by molar-refractivity contribution is 6.03. The van der Waals surface area contributed by atoms with Crippen molar-refractivity contribution in [2.24, 2.45) is 28.6 Å². The van der Waals surface area contributed by atoms with Crippen LogP contribution in [0, 0.1) is 39.9 Å². The molecule has 2 amide bonds. The summed E-state index contributed by atoms with van der Waals surface area (Å²) < 4.78 is 11.9. The minimum absolute atomic E-state index is 0.0857. The number of ether oxygens (including phenoxy) is 2. The number of hydrogen-bond acceptors (Lipinski definition) is 11. The Balaban J connectivity index is 0.835. The SMILES string of the molecule is COc1cc(OC2C(C)(C)C(CC(=O)c3ccc(N4CCC(CN5CCN(c6ccc(C(=O)C[C@H]7CCC(=O)NC7=O)cn6)CC5)CC4)cc3)C2(C)C)ccc1C#N. The molecule has 0 unspecified atom stereocenters. The molecule has 12 nitrogen and oxygen atoms in total. The van der Waals surface area contributed by atoms with Gasteiger partial charge in [-0.25, -0.2) is 4.98 Å². The lowest BCUT2D eigenvalue weighted by Gasteiger charge is -2.63. The Morgan fingerprint density at radius 1 is 0.845 bits per heavy atom. The van der Waals surface area contributed by atoms with E-state index in [0.29, 0.717) is 41.4 Å². The molecule has 2 aromatic carbocycles. The fourth-order valence-electron chi connectivity index (χ4n) is 10.1. The summed E-state index contributed by atoms with van der Waals surface area (Å²) in [7, 11) is 1.55. The highest BCUT2D eigenvalue weighted by Crippen LogP contribution is 2.62. The van der Waals surface area contributed by atoms with Crippen molar-refractivity contribution >= 4 is 34.9 Å². The number of anilines is 2. The third kappa shape index (κ3) is 8.60. The Morgan fingerprint density at radius 2 is 1.52 bits per heavy atom. The first-order chi connectivity index (χ1) is 27.8. The van der Waals surface area contributed by atoms with Crippen LogP contribution in [-0.4, -0.2) is 92.3 Å². The van der Waals surface area contributed by atoms with E-state index in [-0.39, 0.29) is 59.1 Å². The number of carbonyl (C=O) groups excluding carboxylic acids is 4. The highest BCUT2D eigenvalue weighted by atomic mass is 16.5. The molecule has 4 heterocycles. The molecule has 1 aliphatic carbocycles. The van der Waals surface area contributed by atoms with Crippen molar-refractivity contribution in [1.82, 2.24) is 15.2 Å². The summed E-state index contributed by atoms with van der Waals surface area (Å²) in [5.74, 6) is 1.69. The van der Waals surface area contributed by atoms with Crippen LogP contribution in [0.5, 0.6) is 11.5 Å². The van der Waals surface area contributed by atoms with Crippen molar-refractivity contribution in [3.63, 3.8) is 0 Å². The summed E-state index contributed by atoms with van der Waals surface area (Å²) in [6.45, 7) is 15.4. The monoisotopic (exact) mass is 788 g/mol. The molecular formula is C46H56N6O6. The molecular weight excluding hydrogens is 733 g/mol. The molecule has 12 heteroatoms. The number of carbonyl (C=O) groups is 4. The topological polar surface area (TPSA) is 145 Å². The lowest BCUT2D eigenvalue weighted by molar-refractivity contribution is -0.196. The number of methoxy groups -OCH3 is 1. The number of hydrogen-bond donors (Lipinski definition) is 1. The van der Waals surface area contributed by atoms with Gasteiger partial charge in [-0.2, -0.15) is 5.26 Å². The quantitative estimate of drug-likeness (QED) is 0.153. The van der Waals surface area contributed by atoms with Gasteiger partial charge in [-0.05, 0) is 79.6 Å². The number of aromatic nitrogens is 1. The van der Waals surface area contributed by atoms with Gasteiger partial charge in [0, 0.05) is 111 Å². The van der Waals surface area contributed by atoms with E-state index in [1.54, 1.807) is 31.5 Å². The molecule has 306 valence electrons. The molecule has 3 aliphatic heterocycles. The second-order valence-corrected chi connectivity index (χ2v) is 17.7. The molecule has 1 saturated carbocycles. The average molecular weight is 789 g/mol. The van der Waals surface area contributed by atoms with Crippen molar-refractivity contribution in [1.29, 1.82) is 5.26 Å². The largest absolute Gasteiger partial charge is 0.495 e. The Labute approximate surface area is 341 Å². The predicted octanol–water partition coefficient (Wildman–Crippen LogP) is 6.33. The highest BCUT2D eigenvalue weighted by Gasteiger charge is 2.63. The van der Waals surface area contributed by atoms with E-state index in [1.165, 1.54) is 0 Å². The van der Waals surface area contributed by atoms with Gasteiger partial charge in [-0.1, -0.05) is 27.7 Å². The zero-order valence-electron chi connectivity index (χ0n) is 34.5. The van der Waals surface area contributed by atoms with Crippen LogP contribution in [0.1, 0.15) is 92.5 Å². The molecule has 7 rings (SSSR count). The van der Waals surface area contributed by atoms with Crippen molar-refractivity contribution in [2.75, 3.05) is 62.7 Å². The number of Topliss-reactive ketones (excluding diaryl/α,β-unsaturated/α-hetero) is 2. The lowest BCUT2D eigenvalue weighted by atomic mass is 9.44. The van der Waals surface area contributed by atoms with E-state index in [2.05, 4.69) is 70.9 Å². The number of benzene rings is 2. The van der Waals surface area contributed by atoms with Crippen molar-refractivity contribution in [3.05, 3.63) is 77.5 Å². The van der Waals surface area contributed by atoms with Gasteiger partial charge in [0.1, 0.15) is 29.5 Å². The van der Waals surface area contributed by atoms with Crippen molar-refractivity contribution in [3.8, 4) is 17.6 Å². The maximum absolute atomic E-state index is 13.6. The predicted molar refractivity (Wildman–Crippen MR) is 221 cm³/mol. The van der Waals surface area contributed by atoms with Gasteiger partial charge in [-0.3, -0.25) is 29.4 Å². The van der Waals surface area contributed by atoms with Gasteiger partial charge >= 0.3 is 0 Å². The van der Waals surface area contributed by atoms with Crippen LogP contribution in [-0.2, 0) is 9.59 Å².